The second-order valence-corrected chi connectivity index (χ2v) is 4.95. The topological polar surface area (TPSA) is 67.4 Å². The van der Waals surface area contributed by atoms with Crippen LogP contribution < -0.4 is 10.6 Å². The maximum atomic E-state index is 13.7. The molecule has 1 rings (SSSR count). The van der Waals surface area contributed by atoms with Gasteiger partial charge in [0.1, 0.15) is 5.82 Å². The Labute approximate surface area is 123 Å². The number of benzene rings is 1. The summed E-state index contributed by atoms with van der Waals surface area (Å²) in [6, 6.07) is 4.45. The summed E-state index contributed by atoms with van der Waals surface area (Å²) >= 11 is 0. The minimum atomic E-state index is -0.697. The van der Waals surface area contributed by atoms with Crippen LogP contribution in [0.3, 0.4) is 0 Å². The van der Waals surface area contributed by atoms with E-state index in [0.717, 1.165) is 0 Å². The Bertz CT molecular complexity index is 504. The van der Waals surface area contributed by atoms with Crippen LogP contribution in [-0.4, -0.2) is 31.6 Å². The van der Waals surface area contributed by atoms with Crippen LogP contribution in [0.4, 0.5) is 4.39 Å². The molecule has 0 bridgehead atoms. The molecule has 0 fully saturated rings. The minimum Gasteiger partial charge on any atom is -0.465 e. The summed E-state index contributed by atoms with van der Waals surface area (Å²) in [7, 11) is 1.21. The van der Waals surface area contributed by atoms with E-state index in [1.807, 2.05) is 13.8 Å². The van der Waals surface area contributed by atoms with E-state index < -0.39 is 11.8 Å². The van der Waals surface area contributed by atoms with Crippen molar-refractivity contribution in [3.63, 3.8) is 0 Å². The number of carbonyl (C=O) groups is 2. The predicted octanol–water partition coefficient (Wildman–Crippen LogP) is 1.62. The zero-order valence-corrected chi connectivity index (χ0v) is 12.5. The van der Waals surface area contributed by atoms with Crippen LogP contribution in [0.1, 0.15) is 36.2 Å². The fraction of sp³-hybridized carbons (Fsp3) is 0.467. The lowest BCUT2D eigenvalue weighted by atomic mass is 10.1. The van der Waals surface area contributed by atoms with E-state index in [-0.39, 0.29) is 17.5 Å². The van der Waals surface area contributed by atoms with Crippen molar-refractivity contribution >= 4 is 11.9 Å². The van der Waals surface area contributed by atoms with Gasteiger partial charge in [0.15, 0.2) is 0 Å². The van der Waals surface area contributed by atoms with Gasteiger partial charge in [0.2, 0.25) is 5.91 Å². The van der Waals surface area contributed by atoms with E-state index in [1.165, 1.54) is 19.2 Å². The molecule has 21 heavy (non-hydrogen) atoms. The first-order valence-electron chi connectivity index (χ1n) is 6.81. The van der Waals surface area contributed by atoms with Gasteiger partial charge in [-0.3, -0.25) is 4.79 Å². The van der Waals surface area contributed by atoms with Crippen LogP contribution in [0.5, 0.6) is 0 Å². The molecule has 0 aliphatic heterocycles. The number of esters is 1. The molecule has 0 radical (unpaired) electrons. The Morgan fingerprint density at radius 2 is 2.05 bits per heavy atom. The number of hydrogen-bond acceptors (Lipinski definition) is 4. The fourth-order valence-electron chi connectivity index (χ4n) is 1.77. The Morgan fingerprint density at radius 3 is 2.62 bits per heavy atom. The van der Waals surface area contributed by atoms with Crippen LogP contribution in [0, 0.1) is 5.82 Å². The molecule has 0 saturated heterocycles. The fourth-order valence-corrected chi connectivity index (χ4v) is 1.77. The first kappa shape index (κ1) is 17.1. The van der Waals surface area contributed by atoms with Gasteiger partial charge >= 0.3 is 5.97 Å². The number of ether oxygens (including phenoxy) is 1. The molecule has 1 aromatic carbocycles. The zero-order valence-electron chi connectivity index (χ0n) is 12.5. The number of methoxy groups -OCH3 is 1. The van der Waals surface area contributed by atoms with E-state index in [2.05, 4.69) is 15.4 Å². The maximum Gasteiger partial charge on any atom is 0.340 e. The molecule has 0 atom stereocenters. The molecule has 2 N–H and O–H groups in total. The largest absolute Gasteiger partial charge is 0.465 e. The lowest BCUT2D eigenvalue weighted by Crippen LogP contribution is -2.32. The van der Waals surface area contributed by atoms with Crippen molar-refractivity contribution in [3.8, 4) is 0 Å². The molecule has 5 nitrogen and oxygen atoms in total. The zero-order chi connectivity index (χ0) is 15.8. The van der Waals surface area contributed by atoms with Crippen molar-refractivity contribution in [2.75, 3.05) is 13.7 Å². The molecule has 6 heteroatoms. The lowest BCUT2D eigenvalue weighted by Gasteiger charge is -2.09. The van der Waals surface area contributed by atoms with Gasteiger partial charge in [0.05, 0.1) is 12.7 Å². The van der Waals surface area contributed by atoms with Gasteiger partial charge in [-0.2, -0.15) is 0 Å². The molecule has 0 saturated carbocycles. The van der Waals surface area contributed by atoms with Crippen molar-refractivity contribution in [3.05, 3.63) is 35.1 Å². The molecular weight excluding hydrogens is 275 g/mol. The van der Waals surface area contributed by atoms with Crippen LogP contribution in [0.25, 0.3) is 0 Å². The Kier molecular flexibility index (Phi) is 6.81. The number of carbonyl (C=O) groups excluding carboxylic acids is 2. The normalized spacial score (nSPS) is 10.5. The third-order valence-corrected chi connectivity index (χ3v) is 2.75. The number of nitrogens with one attached hydrogen (secondary N) is 2. The van der Waals surface area contributed by atoms with Crippen molar-refractivity contribution in [2.24, 2.45) is 0 Å². The van der Waals surface area contributed by atoms with E-state index >= 15 is 0 Å². The van der Waals surface area contributed by atoms with Crippen molar-refractivity contribution in [1.82, 2.24) is 10.6 Å². The monoisotopic (exact) mass is 296 g/mol. The highest BCUT2D eigenvalue weighted by molar-refractivity contribution is 5.89. The predicted molar refractivity (Wildman–Crippen MR) is 77.3 cm³/mol. The van der Waals surface area contributed by atoms with Crippen molar-refractivity contribution in [1.29, 1.82) is 0 Å². The molecule has 0 aliphatic rings. The first-order valence-corrected chi connectivity index (χ1v) is 6.81. The second-order valence-electron chi connectivity index (χ2n) is 4.95. The number of rotatable bonds is 7. The van der Waals surface area contributed by atoms with E-state index in [9.17, 15) is 14.0 Å². The molecule has 1 amide bonds. The lowest BCUT2D eigenvalue weighted by molar-refractivity contribution is -0.121. The maximum absolute atomic E-state index is 13.7. The van der Waals surface area contributed by atoms with Gasteiger partial charge in [-0.05, 0) is 31.5 Å². The molecule has 116 valence electrons. The van der Waals surface area contributed by atoms with E-state index in [0.29, 0.717) is 25.1 Å². The number of amides is 1. The summed E-state index contributed by atoms with van der Waals surface area (Å²) < 4.78 is 18.2. The third-order valence-electron chi connectivity index (χ3n) is 2.75. The Morgan fingerprint density at radius 1 is 1.33 bits per heavy atom. The van der Waals surface area contributed by atoms with Gasteiger partial charge in [0, 0.05) is 25.6 Å². The summed E-state index contributed by atoms with van der Waals surface area (Å²) in [5, 5.41) is 5.84. The van der Waals surface area contributed by atoms with Gasteiger partial charge in [0.25, 0.3) is 0 Å². The van der Waals surface area contributed by atoms with Crippen LogP contribution in [-0.2, 0) is 16.1 Å². The van der Waals surface area contributed by atoms with Gasteiger partial charge in [-0.1, -0.05) is 6.07 Å². The highest BCUT2D eigenvalue weighted by Gasteiger charge is 2.12. The first-order chi connectivity index (χ1) is 9.93. The molecule has 0 heterocycles. The summed E-state index contributed by atoms with van der Waals surface area (Å²) in [6.45, 7) is 4.72. The van der Waals surface area contributed by atoms with Crippen LogP contribution >= 0.6 is 0 Å². The quantitative estimate of drug-likeness (QED) is 0.592. The minimum absolute atomic E-state index is 0.0234. The van der Waals surface area contributed by atoms with E-state index in [1.54, 1.807) is 6.07 Å². The summed E-state index contributed by atoms with van der Waals surface area (Å²) in [5.41, 5.74) is 0.613. The van der Waals surface area contributed by atoms with Crippen LogP contribution in [0.15, 0.2) is 18.2 Å². The molecule has 1 aromatic rings. The smallest absolute Gasteiger partial charge is 0.340 e. The molecule has 0 aliphatic carbocycles. The molecular formula is C15H21FN2O3. The number of hydrogen-bond donors (Lipinski definition) is 2. The summed E-state index contributed by atoms with van der Waals surface area (Å²) in [4.78, 5) is 22.7. The summed E-state index contributed by atoms with van der Waals surface area (Å²) in [5.74, 6) is -1.33. The van der Waals surface area contributed by atoms with Crippen LogP contribution in [0.2, 0.25) is 0 Å². The third kappa shape index (κ3) is 5.91. The van der Waals surface area contributed by atoms with Gasteiger partial charge in [-0.15, -0.1) is 0 Å². The van der Waals surface area contributed by atoms with Gasteiger partial charge in [-0.25, -0.2) is 9.18 Å². The molecule has 0 spiro atoms. The van der Waals surface area contributed by atoms with E-state index in [4.69, 9.17) is 0 Å². The number of halogens is 1. The average molecular weight is 296 g/mol. The van der Waals surface area contributed by atoms with Gasteiger partial charge < -0.3 is 15.4 Å². The average Bonchev–Trinajstić information content (AvgIpc) is 2.42. The standard InChI is InChI=1S/C15H21FN2O3/c1-10(2)18-14(19)6-7-17-9-11-4-5-12(13(16)8-11)15(20)21-3/h4-5,8,10,17H,6-7,9H2,1-3H3,(H,18,19). The SMILES string of the molecule is COC(=O)c1ccc(CNCCC(=O)NC(C)C)cc1F. The molecule has 0 unspecified atom stereocenters. The van der Waals surface area contributed by atoms with Crippen molar-refractivity contribution in [2.45, 2.75) is 32.9 Å². The highest BCUT2D eigenvalue weighted by Crippen LogP contribution is 2.11. The highest BCUT2D eigenvalue weighted by atomic mass is 19.1. The van der Waals surface area contributed by atoms with Crippen molar-refractivity contribution < 1.29 is 18.7 Å². The molecule has 0 aromatic heterocycles. The summed E-state index contributed by atoms with van der Waals surface area (Å²) in [6.07, 6.45) is 0.362. The Balaban J connectivity index is 2.41. The Hall–Kier alpha value is -1.95. The second kappa shape index (κ2) is 8.36.